The van der Waals surface area contributed by atoms with E-state index >= 15 is 0 Å². The van der Waals surface area contributed by atoms with Crippen LogP contribution in [0.1, 0.15) is 24.8 Å². The Hall–Kier alpha value is -1.07. The summed E-state index contributed by atoms with van der Waals surface area (Å²) in [6.07, 6.45) is 1.56. The van der Waals surface area contributed by atoms with E-state index < -0.39 is 20.4 Å². The minimum absolute atomic E-state index is 0.0216. The molecule has 0 atom stereocenters. The quantitative estimate of drug-likeness (QED) is 0.854. The third kappa shape index (κ3) is 2.61. The van der Waals surface area contributed by atoms with Gasteiger partial charge in [-0.15, -0.1) is 0 Å². The van der Waals surface area contributed by atoms with Crippen LogP contribution in [0.2, 0.25) is 0 Å². The fourth-order valence-electron chi connectivity index (χ4n) is 1.99. The zero-order valence-corrected chi connectivity index (χ0v) is 10.5. The Kier molecular flexibility index (Phi) is 2.91. The van der Waals surface area contributed by atoms with Gasteiger partial charge in [0.15, 0.2) is 0 Å². The maximum absolute atomic E-state index is 11.2. The van der Waals surface area contributed by atoms with Crippen molar-refractivity contribution in [1.82, 2.24) is 0 Å². The fourth-order valence-corrected chi connectivity index (χ4v) is 2.78. The van der Waals surface area contributed by atoms with Crippen molar-refractivity contribution in [3.05, 3.63) is 29.8 Å². The van der Waals surface area contributed by atoms with Crippen molar-refractivity contribution >= 4 is 25.7 Å². The van der Waals surface area contributed by atoms with Crippen LogP contribution < -0.4 is 0 Å². The highest BCUT2D eigenvalue weighted by Crippen LogP contribution is 2.51. The van der Waals surface area contributed by atoms with Crippen molar-refractivity contribution in [2.75, 3.05) is 0 Å². The van der Waals surface area contributed by atoms with Gasteiger partial charge in [0.1, 0.15) is 0 Å². The van der Waals surface area contributed by atoms with Gasteiger partial charge in [-0.1, -0.05) is 12.1 Å². The number of carboxylic acids is 1. The first kappa shape index (κ1) is 12.4. The molecule has 0 spiro atoms. The number of hydrogen-bond donors (Lipinski definition) is 1. The maximum atomic E-state index is 11.2. The van der Waals surface area contributed by atoms with Gasteiger partial charge in [-0.2, -0.15) is 0 Å². The van der Waals surface area contributed by atoms with Gasteiger partial charge in [0, 0.05) is 16.1 Å². The molecule has 0 aliphatic heterocycles. The highest BCUT2D eigenvalue weighted by atomic mass is 35.7. The maximum Gasteiger partial charge on any atom is 0.304 e. The van der Waals surface area contributed by atoms with E-state index in [1.165, 1.54) is 12.1 Å². The molecule has 1 aliphatic carbocycles. The van der Waals surface area contributed by atoms with Crippen molar-refractivity contribution in [2.24, 2.45) is 0 Å². The molecule has 1 aromatic carbocycles. The topological polar surface area (TPSA) is 71.4 Å². The first-order valence-electron chi connectivity index (χ1n) is 5.11. The third-order valence-corrected chi connectivity index (χ3v) is 4.42. The Morgan fingerprint density at radius 1 is 1.41 bits per heavy atom. The highest BCUT2D eigenvalue weighted by molar-refractivity contribution is 8.13. The van der Waals surface area contributed by atoms with Crippen LogP contribution in [0.4, 0.5) is 0 Å². The lowest BCUT2D eigenvalue weighted by Gasteiger charge is -2.13. The van der Waals surface area contributed by atoms with Gasteiger partial charge in [0.05, 0.1) is 11.3 Å². The zero-order valence-electron chi connectivity index (χ0n) is 8.89. The molecule has 0 bridgehead atoms. The predicted octanol–water partition coefficient (Wildman–Crippen LogP) is 2.12. The second-order valence-electron chi connectivity index (χ2n) is 4.32. The Bertz CT molecular complexity index is 561. The molecule has 0 heterocycles. The van der Waals surface area contributed by atoms with Gasteiger partial charge < -0.3 is 5.11 Å². The van der Waals surface area contributed by atoms with E-state index in [2.05, 4.69) is 0 Å². The standard InChI is InChI=1S/C11H11ClO4S/c12-17(15,16)9-3-1-2-8(6-9)11(4-5-11)7-10(13)14/h1-3,6H,4-5,7H2,(H,13,14). The summed E-state index contributed by atoms with van der Waals surface area (Å²) in [5, 5.41) is 8.84. The van der Waals surface area contributed by atoms with Gasteiger partial charge >= 0.3 is 5.97 Å². The molecule has 2 rings (SSSR count). The number of rotatable bonds is 4. The lowest BCUT2D eigenvalue weighted by atomic mass is 9.93. The molecule has 0 aromatic heterocycles. The van der Waals surface area contributed by atoms with Crippen molar-refractivity contribution in [1.29, 1.82) is 0 Å². The molecule has 1 aromatic rings. The molecule has 0 unspecified atom stereocenters. The molecule has 1 N–H and O–H groups in total. The molecule has 1 fully saturated rings. The van der Waals surface area contributed by atoms with Crippen LogP contribution in [-0.4, -0.2) is 19.5 Å². The fraction of sp³-hybridized carbons (Fsp3) is 0.364. The second-order valence-corrected chi connectivity index (χ2v) is 6.88. The van der Waals surface area contributed by atoms with Crippen LogP contribution in [0, 0.1) is 0 Å². The average Bonchev–Trinajstić information content (AvgIpc) is 2.97. The van der Waals surface area contributed by atoms with E-state index in [0.717, 1.165) is 18.4 Å². The van der Waals surface area contributed by atoms with Gasteiger partial charge in [0.2, 0.25) is 0 Å². The molecule has 4 nitrogen and oxygen atoms in total. The smallest absolute Gasteiger partial charge is 0.304 e. The monoisotopic (exact) mass is 274 g/mol. The molecule has 0 radical (unpaired) electrons. The summed E-state index contributed by atoms with van der Waals surface area (Å²) in [4.78, 5) is 10.8. The number of hydrogen-bond acceptors (Lipinski definition) is 3. The molecular weight excluding hydrogens is 264 g/mol. The Morgan fingerprint density at radius 2 is 2.06 bits per heavy atom. The molecule has 0 amide bonds. The SMILES string of the molecule is O=C(O)CC1(c2cccc(S(=O)(=O)Cl)c2)CC1. The van der Waals surface area contributed by atoms with E-state index in [0.29, 0.717) is 0 Å². The van der Waals surface area contributed by atoms with Gasteiger partial charge in [0.25, 0.3) is 9.05 Å². The second kappa shape index (κ2) is 3.99. The lowest BCUT2D eigenvalue weighted by molar-refractivity contribution is -0.137. The van der Waals surface area contributed by atoms with E-state index in [1.54, 1.807) is 12.1 Å². The van der Waals surface area contributed by atoms with E-state index in [-0.39, 0.29) is 11.3 Å². The Morgan fingerprint density at radius 3 is 2.53 bits per heavy atom. The van der Waals surface area contributed by atoms with Gasteiger partial charge in [-0.25, -0.2) is 8.42 Å². The third-order valence-electron chi connectivity index (χ3n) is 3.07. The largest absolute Gasteiger partial charge is 0.481 e. The molecule has 6 heteroatoms. The van der Waals surface area contributed by atoms with E-state index in [4.69, 9.17) is 15.8 Å². The average molecular weight is 275 g/mol. The van der Waals surface area contributed by atoms with Crippen molar-refractivity contribution in [3.63, 3.8) is 0 Å². The minimum atomic E-state index is -3.76. The van der Waals surface area contributed by atoms with E-state index in [1.807, 2.05) is 0 Å². The molecular formula is C11H11ClO4S. The first-order chi connectivity index (χ1) is 7.83. The number of carbonyl (C=O) groups is 1. The van der Waals surface area contributed by atoms with Crippen molar-refractivity contribution < 1.29 is 18.3 Å². The minimum Gasteiger partial charge on any atom is -0.481 e. The van der Waals surface area contributed by atoms with Crippen molar-refractivity contribution in [2.45, 2.75) is 29.6 Å². The molecule has 1 saturated carbocycles. The summed E-state index contributed by atoms with van der Waals surface area (Å²) < 4.78 is 22.4. The molecule has 0 saturated heterocycles. The van der Waals surface area contributed by atoms with Crippen molar-refractivity contribution in [3.8, 4) is 0 Å². The number of aliphatic carboxylic acids is 1. The molecule has 17 heavy (non-hydrogen) atoms. The van der Waals surface area contributed by atoms with Crippen LogP contribution in [-0.2, 0) is 19.3 Å². The van der Waals surface area contributed by atoms with Gasteiger partial charge in [-0.3, -0.25) is 4.79 Å². The number of carboxylic acid groups (broad SMARTS) is 1. The molecule has 92 valence electrons. The normalized spacial score (nSPS) is 17.7. The van der Waals surface area contributed by atoms with Crippen LogP contribution >= 0.6 is 10.7 Å². The van der Waals surface area contributed by atoms with E-state index in [9.17, 15) is 13.2 Å². The summed E-state index contributed by atoms with van der Waals surface area (Å²) in [6.45, 7) is 0. The Labute approximate surface area is 104 Å². The summed E-state index contributed by atoms with van der Waals surface area (Å²) in [7, 11) is 1.50. The van der Waals surface area contributed by atoms with Gasteiger partial charge in [-0.05, 0) is 30.5 Å². The zero-order chi connectivity index (χ0) is 12.7. The lowest BCUT2D eigenvalue weighted by Crippen LogP contribution is -2.13. The van der Waals surface area contributed by atoms with Crippen LogP contribution in [0.15, 0.2) is 29.2 Å². The summed E-state index contributed by atoms with van der Waals surface area (Å²) in [5.41, 5.74) is 0.338. The predicted molar refractivity (Wildman–Crippen MR) is 62.6 cm³/mol. The van der Waals surface area contributed by atoms with Crippen LogP contribution in [0.25, 0.3) is 0 Å². The summed E-state index contributed by atoms with van der Waals surface area (Å²) in [5.74, 6) is -0.873. The first-order valence-corrected chi connectivity index (χ1v) is 7.41. The summed E-state index contributed by atoms with van der Waals surface area (Å²) in [6, 6.07) is 6.22. The summed E-state index contributed by atoms with van der Waals surface area (Å²) >= 11 is 0. The molecule has 1 aliphatic rings. The van der Waals surface area contributed by atoms with Crippen LogP contribution in [0.5, 0.6) is 0 Å². The number of benzene rings is 1. The Balaban J connectivity index is 2.38. The van der Waals surface area contributed by atoms with Crippen LogP contribution in [0.3, 0.4) is 0 Å². The number of halogens is 1. The highest BCUT2D eigenvalue weighted by Gasteiger charge is 2.46.